The largest absolute Gasteiger partial charge is 0.347 e. The van der Waals surface area contributed by atoms with E-state index in [0.29, 0.717) is 30.6 Å². The summed E-state index contributed by atoms with van der Waals surface area (Å²) < 4.78 is 30.0. The number of rotatable bonds is 4. The minimum atomic E-state index is -0.861. The molecule has 1 aromatic carbocycles. The molecule has 1 aliphatic heterocycles. The van der Waals surface area contributed by atoms with Gasteiger partial charge in [0.05, 0.1) is 11.1 Å². The van der Waals surface area contributed by atoms with Crippen molar-refractivity contribution >= 4 is 28.7 Å². The second-order valence-corrected chi connectivity index (χ2v) is 11.9. The van der Waals surface area contributed by atoms with Crippen LogP contribution in [-0.2, 0) is 4.79 Å². The molecular weight excluding hydrogens is 490 g/mol. The average molecular weight is 519 g/mol. The Kier molecular flexibility index (Phi) is 5.06. The number of carbonyl (C=O) groups is 2. The van der Waals surface area contributed by atoms with E-state index in [1.165, 1.54) is 47.1 Å². The topological polar surface area (TPSA) is 84.3 Å². The SMILES string of the molecule is CC1(NC(=O)c2cn(-c3ccc(F)cc3F)c3nc(N4CCC4=O)ccc3c2=O)CC2CC3CC(C1)C3C2. The van der Waals surface area contributed by atoms with Gasteiger partial charge in [-0.15, -0.1) is 0 Å². The molecule has 3 aliphatic carbocycles. The zero-order valence-corrected chi connectivity index (χ0v) is 21.0. The highest BCUT2D eigenvalue weighted by Crippen LogP contribution is 2.60. The molecule has 0 radical (unpaired) electrons. The Morgan fingerprint density at radius 3 is 2.66 bits per heavy atom. The normalized spacial score (nSPS) is 29.6. The molecule has 9 heteroatoms. The summed E-state index contributed by atoms with van der Waals surface area (Å²) in [5, 5.41) is 3.29. The number of β-lactam (4-membered cyclic amide) rings is 1. The van der Waals surface area contributed by atoms with Gasteiger partial charge in [0, 0.05) is 30.8 Å². The molecular formula is C29H28F2N4O3. The van der Waals surface area contributed by atoms with Crippen LogP contribution in [0.5, 0.6) is 0 Å². The Morgan fingerprint density at radius 2 is 1.92 bits per heavy atom. The van der Waals surface area contributed by atoms with Crippen molar-refractivity contribution in [1.29, 1.82) is 0 Å². The summed E-state index contributed by atoms with van der Waals surface area (Å²) >= 11 is 0. The first-order chi connectivity index (χ1) is 18.2. The summed E-state index contributed by atoms with van der Waals surface area (Å²) in [7, 11) is 0. The van der Waals surface area contributed by atoms with Gasteiger partial charge in [-0.2, -0.15) is 0 Å². The number of aromatic nitrogens is 2. The van der Waals surface area contributed by atoms with Crippen LogP contribution < -0.4 is 15.6 Å². The van der Waals surface area contributed by atoms with Crippen LogP contribution in [0, 0.1) is 35.3 Å². The summed E-state index contributed by atoms with van der Waals surface area (Å²) in [4.78, 5) is 45.2. The molecule has 7 rings (SSSR count). The molecule has 5 unspecified atom stereocenters. The Bertz CT molecular complexity index is 1580. The van der Waals surface area contributed by atoms with E-state index in [0.717, 1.165) is 36.8 Å². The number of carbonyl (C=O) groups excluding carboxylic acids is 2. The number of halogens is 2. The third-order valence-corrected chi connectivity index (χ3v) is 9.30. The van der Waals surface area contributed by atoms with E-state index in [-0.39, 0.29) is 28.2 Å². The molecule has 38 heavy (non-hydrogen) atoms. The minimum absolute atomic E-state index is 0.0523. The van der Waals surface area contributed by atoms with Gasteiger partial charge in [-0.25, -0.2) is 13.8 Å². The number of amides is 2. The van der Waals surface area contributed by atoms with Gasteiger partial charge in [0.2, 0.25) is 11.3 Å². The van der Waals surface area contributed by atoms with Crippen LogP contribution in [0.15, 0.2) is 41.3 Å². The number of nitrogens with zero attached hydrogens (tertiary/aromatic N) is 3. The van der Waals surface area contributed by atoms with Gasteiger partial charge >= 0.3 is 0 Å². The van der Waals surface area contributed by atoms with Gasteiger partial charge in [-0.1, -0.05) is 0 Å². The number of hydrogen-bond acceptors (Lipinski definition) is 4. The predicted molar refractivity (Wildman–Crippen MR) is 137 cm³/mol. The predicted octanol–water partition coefficient (Wildman–Crippen LogP) is 4.35. The Hall–Kier alpha value is -3.62. The summed E-state index contributed by atoms with van der Waals surface area (Å²) in [6.45, 7) is 2.56. The van der Waals surface area contributed by atoms with E-state index in [9.17, 15) is 23.2 Å². The smallest absolute Gasteiger partial charge is 0.257 e. The molecule has 2 bridgehead atoms. The van der Waals surface area contributed by atoms with Gasteiger partial charge in [-0.3, -0.25) is 23.9 Å². The maximum Gasteiger partial charge on any atom is 0.257 e. The Labute approximate surface area is 217 Å². The minimum Gasteiger partial charge on any atom is -0.347 e. The van der Waals surface area contributed by atoms with E-state index in [2.05, 4.69) is 17.2 Å². The first-order valence-corrected chi connectivity index (χ1v) is 13.3. The molecule has 3 saturated carbocycles. The van der Waals surface area contributed by atoms with Crippen molar-refractivity contribution < 1.29 is 18.4 Å². The average Bonchev–Trinajstić information content (AvgIpc) is 3.11. The number of nitrogens with one attached hydrogen (secondary N) is 1. The molecule has 2 amide bonds. The van der Waals surface area contributed by atoms with E-state index >= 15 is 0 Å². The third kappa shape index (κ3) is 3.58. The highest BCUT2D eigenvalue weighted by molar-refractivity contribution is 6.00. The van der Waals surface area contributed by atoms with Gasteiger partial charge < -0.3 is 5.32 Å². The molecule has 7 nitrogen and oxygen atoms in total. The van der Waals surface area contributed by atoms with Crippen molar-refractivity contribution in [1.82, 2.24) is 14.9 Å². The first kappa shape index (κ1) is 23.5. The lowest BCUT2D eigenvalue weighted by Crippen LogP contribution is -2.51. The number of pyridine rings is 2. The lowest BCUT2D eigenvalue weighted by molar-refractivity contribution is -0.122. The van der Waals surface area contributed by atoms with Gasteiger partial charge in [0.15, 0.2) is 5.65 Å². The zero-order valence-electron chi connectivity index (χ0n) is 21.0. The number of fused-ring (bicyclic) bond motifs is 2. The molecule has 0 spiro atoms. The van der Waals surface area contributed by atoms with Crippen molar-refractivity contribution in [2.24, 2.45) is 23.7 Å². The quantitative estimate of drug-likeness (QED) is 0.521. The standard InChI is InChI=1S/C29H28F2N4O3/c1-29(12-15-8-16-10-17(13-29)20(16)9-15)33-28(38)21-14-35(23-4-2-18(30)11-22(23)31)27-19(26(21)37)3-5-24(32-27)34-7-6-25(34)36/h2-5,11,14-17,20H,6-10,12-13H2,1H3,(H,33,38). The lowest BCUT2D eigenvalue weighted by Gasteiger charge is -2.46. The molecule has 196 valence electrons. The molecule has 5 atom stereocenters. The second kappa shape index (κ2) is 8.19. The van der Waals surface area contributed by atoms with Crippen molar-refractivity contribution in [3.05, 3.63) is 63.9 Å². The van der Waals surface area contributed by atoms with Crippen LogP contribution in [-0.4, -0.2) is 33.4 Å². The van der Waals surface area contributed by atoms with Crippen LogP contribution in [0.25, 0.3) is 16.7 Å². The van der Waals surface area contributed by atoms with Gasteiger partial charge in [-0.05, 0) is 87.0 Å². The monoisotopic (exact) mass is 518 g/mol. The summed E-state index contributed by atoms with van der Waals surface area (Å²) in [5.74, 6) is 0.903. The molecule has 3 aromatic rings. The van der Waals surface area contributed by atoms with E-state index in [1.54, 1.807) is 6.07 Å². The zero-order chi connectivity index (χ0) is 26.3. The highest BCUT2D eigenvalue weighted by atomic mass is 19.1. The lowest BCUT2D eigenvalue weighted by atomic mass is 9.62. The van der Waals surface area contributed by atoms with E-state index in [4.69, 9.17) is 0 Å². The summed E-state index contributed by atoms with van der Waals surface area (Å²) in [5.41, 5.74) is -1.04. The molecule has 1 saturated heterocycles. The van der Waals surface area contributed by atoms with Crippen molar-refractivity contribution in [2.45, 2.75) is 51.0 Å². The molecule has 4 aliphatic rings. The fraction of sp³-hybridized carbons (Fsp3) is 0.448. The van der Waals surface area contributed by atoms with E-state index in [1.807, 2.05) is 0 Å². The van der Waals surface area contributed by atoms with E-state index < -0.39 is 28.5 Å². The maximum absolute atomic E-state index is 15.0. The van der Waals surface area contributed by atoms with Crippen LogP contribution in [0.3, 0.4) is 0 Å². The van der Waals surface area contributed by atoms with Gasteiger partial charge in [0.1, 0.15) is 23.0 Å². The van der Waals surface area contributed by atoms with Gasteiger partial charge in [0.25, 0.3) is 5.91 Å². The number of benzene rings is 1. The molecule has 2 aromatic heterocycles. The molecule has 4 fully saturated rings. The Morgan fingerprint density at radius 1 is 1.08 bits per heavy atom. The van der Waals surface area contributed by atoms with Crippen LogP contribution in [0.2, 0.25) is 0 Å². The molecule has 1 N–H and O–H groups in total. The fourth-order valence-electron chi connectivity index (χ4n) is 7.56. The number of anilines is 1. The fourth-order valence-corrected chi connectivity index (χ4v) is 7.56. The second-order valence-electron chi connectivity index (χ2n) is 11.9. The van der Waals surface area contributed by atoms with Crippen LogP contribution in [0.4, 0.5) is 14.6 Å². The van der Waals surface area contributed by atoms with Crippen LogP contribution >= 0.6 is 0 Å². The Balaban J connectivity index is 1.32. The van der Waals surface area contributed by atoms with Crippen molar-refractivity contribution in [2.75, 3.05) is 11.4 Å². The third-order valence-electron chi connectivity index (χ3n) is 9.30. The number of hydrogen-bond donors (Lipinski definition) is 1. The summed E-state index contributed by atoms with van der Waals surface area (Å²) in [6.07, 6.45) is 7.11. The van der Waals surface area contributed by atoms with Crippen molar-refractivity contribution in [3.63, 3.8) is 0 Å². The summed E-state index contributed by atoms with van der Waals surface area (Å²) in [6, 6.07) is 6.18. The van der Waals surface area contributed by atoms with Crippen molar-refractivity contribution in [3.8, 4) is 5.69 Å². The first-order valence-electron chi connectivity index (χ1n) is 13.3. The maximum atomic E-state index is 15.0. The molecule has 3 heterocycles. The van der Waals surface area contributed by atoms with Crippen LogP contribution in [0.1, 0.15) is 55.8 Å². The highest BCUT2D eigenvalue weighted by Gasteiger charge is 2.53.